The first-order valence-electron chi connectivity index (χ1n) is 16.9. The Labute approximate surface area is 295 Å². The van der Waals surface area contributed by atoms with Crippen molar-refractivity contribution in [2.75, 3.05) is 0 Å². The van der Waals surface area contributed by atoms with E-state index in [0.717, 1.165) is 53.7 Å². The Morgan fingerprint density at radius 3 is 1.71 bits per heavy atom. The summed E-state index contributed by atoms with van der Waals surface area (Å²) in [5.41, 5.74) is 8.14. The zero-order valence-electron chi connectivity index (χ0n) is 27.1. The van der Waals surface area contributed by atoms with Crippen LogP contribution >= 0.6 is 11.3 Å². The summed E-state index contributed by atoms with van der Waals surface area (Å²) < 4.78 is 11.2. The Balaban J connectivity index is 1.11. The Kier molecular flexibility index (Phi) is 6.05. The lowest BCUT2D eigenvalue weighted by Gasteiger charge is -2.09. The van der Waals surface area contributed by atoms with E-state index >= 15 is 0 Å². The molecule has 0 unspecified atom stereocenters. The van der Waals surface area contributed by atoms with Crippen LogP contribution < -0.4 is 0 Å². The van der Waals surface area contributed by atoms with Crippen molar-refractivity contribution in [3.8, 4) is 39.9 Å². The quantitative estimate of drug-likeness (QED) is 0.187. The summed E-state index contributed by atoms with van der Waals surface area (Å²) in [4.78, 5) is 15.0. The van der Waals surface area contributed by atoms with Gasteiger partial charge in [-0.1, -0.05) is 109 Å². The zero-order chi connectivity index (χ0) is 33.5. The zero-order valence-corrected chi connectivity index (χ0v) is 27.9. The summed E-state index contributed by atoms with van der Waals surface area (Å²) in [6, 6.07) is 54.9. The van der Waals surface area contributed by atoms with Gasteiger partial charge in [-0.2, -0.15) is 0 Å². The molecule has 0 saturated heterocycles. The van der Waals surface area contributed by atoms with Gasteiger partial charge in [0.05, 0.1) is 11.0 Å². The molecule has 11 aromatic rings. The fourth-order valence-electron chi connectivity index (χ4n) is 7.50. The number of para-hydroxylation sites is 2. The molecule has 0 bridgehead atoms. The lowest BCUT2D eigenvalue weighted by atomic mass is 10.1. The van der Waals surface area contributed by atoms with Crippen LogP contribution in [0.15, 0.2) is 162 Å². The molecule has 238 valence electrons. The second-order valence-electron chi connectivity index (χ2n) is 12.8. The maximum atomic E-state index is 6.51. The first kappa shape index (κ1) is 28.2. The van der Waals surface area contributed by atoms with Crippen molar-refractivity contribution in [1.29, 1.82) is 0 Å². The summed E-state index contributed by atoms with van der Waals surface area (Å²) in [7, 11) is 0. The molecule has 51 heavy (non-hydrogen) atoms. The molecule has 4 aromatic heterocycles. The number of fused-ring (bicyclic) bond motifs is 9. The van der Waals surface area contributed by atoms with Crippen LogP contribution in [0.25, 0.3) is 104 Å². The van der Waals surface area contributed by atoms with E-state index in [1.165, 1.54) is 32.6 Å². The summed E-state index contributed by atoms with van der Waals surface area (Å²) >= 11 is 1.75. The van der Waals surface area contributed by atoms with Crippen molar-refractivity contribution in [2.45, 2.75) is 0 Å². The molecule has 0 fully saturated rings. The monoisotopic (exact) mass is 670 g/mol. The molecule has 0 atom stereocenters. The van der Waals surface area contributed by atoms with Gasteiger partial charge in [0.15, 0.2) is 17.5 Å². The maximum Gasteiger partial charge on any atom is 0.165 e. The van der Waals surface area contributed by atoms with Gasteiger partial charge in [0.1, 0.15) is 11.2 Å². The maximum absolute atomic E-state index is 6.51. The van der Waals surface area contributed by atoms with Gasteiger partial charge in [0.2, 0.25) is 0 Å². The molecule has 7 aromatic carbocycles. The number of hydrogen-bond acceptors (Lipinski definition) is 5. The molecule has 0 saturated carbocycles. The van der Waals surface area contributed by atoms with Crippen molar-refractivity contribution in [1.82, 2.24) is 19.5 Å². The molecule has 0 aliphatic heterocycles. The molecule has 11 rings (SSSR count). The number of benzene rings is 7. The second-order valence-corrected chi connectivity index (χ2v) is 13.9. The minimum Gasteiger partial charge on any atom is -0.456 e. The van der Waals surface area contributed by atoms with Crippen molar-refractivity contribution in [3.63, 3.8) is 0 Å². The van der Waals surface area contributed by atoms with Crippen LogP contribution in [0.3, 0.4) is 0 Å². The van der Waals surface area contributed by atoms with E-state index < -0.39 is 0 Å². The topological polar surface area (TPSA) is 56.7 Å². The van der Waals surface area contributed by atoms with Gasteiger partial charge in [0.25, 0.3) is 0 Å². The number of hydrogen-bond donors (Lipinski definition) is 0. The van der Waals surface area contributed by atoms with E-state index in [1.54, 1.807) is 11.3 Å². The number of nitrogens with zero attached hydrogens (tertiary/aromatic N) is 4. The summed E-state index contributed by atoms with van der Waals surface area (Å²) in [5.74, 6) is 1.96. The highest BCUT2D eigenvalue weighted by Gasteiger charge is 2.19. The van der Waals surface area contributed by atoms with Crippen molar-refractivity contribution >= 4 is 75.3 Å². The first-order chi connectivity index (χ1) is 25.3. The lowest BCUT2D eigenvalue weighted by molar-refractivity contribution is 0.669. The number of aromatic nitrogens is 4. The highest BCUT2D eigenvalue weighted by molar-refractivity contribution is 7.26. The van der Waals surface area contributed by atoms with E-state index in [-0.39, 0.29) is 0 Å². The Morgan fingerprint density at radius 1 is 0.431 bits per heavy atom. The van der Waals surface area contributed by atoms with Gasteiger partial charge in [-0.15, -0.1) is 11.3 Å². The van der Waals surface area contributed by atoms with Crippen molar-refractivity contribution in [3.05, 3.63) is 158 Å². The molecule has 0 aliphatic rings. The average molecular weight is 671 g/mol. The van der Waals surface area contributed by atoms with Crippen LogP contribution in [-0.2, 0) is 0 Å². The van der Waals surface area contributed by atoms with Crippen LogP contribution in [0.5, 0.6) is 0 Å². The molecule has 0 spiro atoms. The number of rotatable bonds is 4. The molecule has 0 amide bonds. The largest absolute Gasteiger partial charge is 0.456 e. The molecule has 0 radical (unpaired) electrons. The number of thiophene rings is 1. The van der Waals surface area contributed by atoms with Crippen LogP contribution in [0.4, 0.5) is 0 Å². The van der Waals surface area contributed by atoms with E-state index in [9.17, 15) is 0 Å². The lowest BCUT2D eigenvalue weighted by Crippen LogP contribution is -2.00. The molecular formula is C45H26N4OS. The fraction of sp³-hybridized carbons (Fsp3) is 0. The van der Waals surface area contributed by atoms with Crippen LogP contribution in [-0.4, -0.2) is 19.5 Å². The third-order valence-electron chi connectivity index (χ3n) is 9.85. The summed E-state index contributed by atoms with van der Waals surface area (Å²) in [6.45, 7) is 0. The van der Waals surface area contributed by atoms with Crippen LogP contribution in [0.2, 0.25) is 0 Å². The smallest absolute Gasteiger partial charge is 0.165 e. The third-order valence-corrected chi connectivity index (χ3v) is 11.1. The normalized spacial score (nSPS) is 11.9. The molecule has 5 nitrogen and oxygen atoms in total. The van der Waals surface area contributed by atoms with Gasteiger partial charge in [-0.05, 0) is 48.5 Å². The first-order valence-corrected chi connectivity index (χ1v) is 17.8. The fourth-order valence-corrected chi connectivity index (χ4v) is 8.72. The Hall–Kier alpha value is -6.63. The van der Waals surface area contributed by atoms with E-state index in [4.69, 9.17) is 19.4 Å². The summed E-state index contributed by atoms with van der Waals surface area (Å²) in [5, 5.41) is 7.05. The van der Waals surface area contributed by atoms with Gasteiger partial charge < -0.3 is 8.98 Å². The van der Waals surface area contributed by atoms with E-state index in [1.807, 2.05) is 60.7 Å². The SMILES string of the molecule is c1ccc(-c2nc(-c3ccccc3)nc(-c3cccc4c3sc3cc5oc6ccc(-n7c8ccccc8c8ccccc87)cc6c5cc34)n2)cc1. The predicted octanol–water partition coefficient (Wildman–Crippen LogP) is 12.2. The minimum absolute atomic E-state index is 0.653. The van der Waals surface area contributed by atoms with Gasteiger partial charge >= 0.3 is 0 Å². The van der Waals surface area contributed by atoms with Gasteiger partial charge in [0, 0.05) is 64.1 Å². The molecular weight excluding hydrogens is 645 g/mol. The predicted molar refractivity (Wildman–Crippen MR) is 211 cm³/mol. The summed E-state index contributed by atoms with van der Waals surface area (Å²) in [6.07, 6.45) is 0. The minimum atomic E-state index is 0.653. The number of furan rings is 1. The Bertz CT molecular complexity index is 3030. The van der Waals surface area contributed by atoms with Gasteiger partial charge in [-0.25, -0.2) is 15.0 Å². The van der Waals surface area contributed by atoms with Crippen molar-refractivity contribution in [2.24, 2.45) is 0 Å². The molecule has 4 heterocycles. The van der Waals surface area contributed by atoms with E-state index in [2.05, 4.69) is 102 Å². The van der Waals surface area contributed by atoms with Crippen LogP contribution in [0, 0.1) is 0 Å². The van der Waals surface area contributed by atoms with Crippen molar-refractivity contribution < 1.29 is 4.42 Å². The third kappa shape index (κ3) is 4.37. The molecule has 6 heteroatoms. The highest BCUT2D eigenvalue weighted by Crippen LogP contribution is 2.43. The standard InChI is InChI=1S/C45H26N4OS/c1-3-12-27(13-4-1)43-46-44(28-14-5-2-6-15-28)48-45(47-43)33-19-11-18-32-36-25-35-34-24-29(22-23-39(34)50-40(35)26-41(36)51-42(32)33)49-37-20-9-7-16-30(37)31-17-8-10-21-38(31)49/h1-26H. The Morgan fingerprint density at radius 2 is 1.02 bits per heavy atom. The molecule has 0 aliphatic carbocycles. The highest BCUT2D eigenvalue weighted by atomic mass is 32.1. The second kappa shape index (κ2) is 10.9. The van der Waals surface area contributed by atoms with Crippen LogP contribution in [0.1, 0.15) is 0 Å². The molecule has 0 N–H and O–H groups in total. The average Bonchev–Trinajstić information content (AvgIpc) is 3.86. The van der Waals surface area contributed by atoms with Gasteiger partial charge in [-0.3, -0.25) is 0 Å². The van der Waals surface area contributed by atoms with E-state index in [0.29, 0.717) is 17.5 Å².